The molecule has 0 aromatic carbocycles. The largest absolute Gasteiger partial charge is 0.444 e. The first kappa shape index (κ1) is 15.0. The lowest BCUT2D eigenvalue weighted by Gasteiger charge is -2.36. The van der Waals surface area contributed by atoms with Crippen molar-refractivity contribution in [2.45, 2.75) is 45.3 Å². The van der Waals surface area contributed by atoms with Crippen molar-refractivity contribution in [3.8, 4) is 0 Å². The lowest BCUT2D eigenvalue weighted by molar-refractivity contribution is 0.0157. The first-order valence-corrected chi connectivity index (χ1v) is 6.62. The number of rotatable bonds is 3. The van der Waals surface area contributed by atoms with Crippen LogP contribution in [-0.2, 0) is 4.74 Å². The van der Waals surface area contributed by atoms with E-state index in [4.69, 9.17) is 4.74 Å². The van der Waals surface area contributed by atoms with Crippen molar-refractivity contribution in [1.82, 2.24) is 9.80 Å². The molecule has 0 saturated carbocycles. The number of amides is 1. The highest BCUT2D eigenvalue weighted by Gasteiger charge is 2.27. The number of hydrogen-bond donors (Lipinski definition) is 0. The van der Waals surface area contributed by atoms with E-state index in [0.29, 0.717) is 6.04 Å². The van der Waals surface area contributed by atoms with Gasteiger partial charge in [0.1, 0.15) is 5.60 Å². The van der Waals surface area contributed by atoms with Crippen molar-refractivity contribution in [3.63, 3.8) is 0 Å². The minimum Gasteiger partial charge on any atom is -0.444 e. The summed E-state index contributed by atoms with van der Waals surface area (Å²) in [5.41, 5.74) is -0.422. The Hall–Kier alpha value is -1.03. The smallest absolute Gasteiger partial charge is 0.410 e. The van der Waals surface area contributed by atoms with Gasteiger partial charge in [-0.3, -0.25) is 4.90 Å². The van der Waals surface area contributed by atoms with Gasteiger partial charge in [-0.25, -0.2) is 4.79 Å². The average Bonchev–Trinajstić information content (AvgIpc) is 2.27. The number of piperidine rings is 1. The van der Waals surface area contributed by atoms with Gasteiger partial charge in [0.25, 0.3) is 0 Å². The van der Waals surface area contributed by atoms with Gasteiger partial charge in [0.2, 0.25) is 0 Å². The molecule has 1 aliphatic rings. The molecule has 0 spiro atoms. The van der Waals surface area contributed by atoms with E-state index < -0.39 is 5.60 Å². The van der Waals surface area contributed by atoms with E-state index in [1.54, 1.807) is 4.90 Å². The predicted molar refractivity (Wildman–Crippen MR) is 73.7 cm³/mol. The van der Waals surface area contributed by atoms with Crippen LogP contribution < -0.4 is 0 Å². The molecule has 4 nitrogen and oxygen atoms in total. The van der Waals surface area contributed by atoms with Gasteiger partial charge in [-0.15, -0.1) is 6.58 Å². The molecule has 1 amide bonds. The standard InChI is InChI=1S/C14H26N2O2/c1-6-9-16-10-7-12(8-11-16)15(5)13(17)18-14(2,3)4/h6,12H,1,7-11H2,2-5H3. The van der Waals surface area contributed by atoms with Crippen LogP contribution >= 0.6 is 0 Å². The predicted octanol–water partition coefficient (Wildman–Crippen LogP) is 2.50. The summed E-state index contributed by atoms with van der Waals surface area (Å²) in [5.74, 6) is 0. The monoisotopic (exact) mass is 254 g/mol. The molecule has 0 N–H and O–H groups in total. The van der Waals surface area contributed by atoms with E-state index in [1.807, 2.05) is 33.9 Å². The zero-order valence-corrected chi connectivity index (χ0v) is 12.1. The summed E-state index contributed by atoms with van der Waals surface area (Å²) >= 11 is 0. The Morgan fingerprint density at radius 2 is 2.00 bits per heavy atom. The molecule has 0 radical (unpaired) electrons. The Balaban J connectivity index is 2.42. The second-order valence-corrected chi connectivity index (χ2v) is 5.91. The summed E-state index contributed by atoms with van der Waals surface area (Å²) in [6.45, 7) is 12.4. The van der Waals surface area contributed by atoms with Crippen LogP contribution in [-0.4, -0.2) is 54.2 Å². The number of likely N-dealkylation sites (tertiary alicyclic amines) is 1. The normalized spacial score (nSPS) is 18.4. The maximum atomic E-state index is 11.9. The lowest BCUT2D eigenvalue weighted by Crippen LogP contribution is -2.47. The first-order chi connectivity index (χ1) is 8.33. The summed E-state index contributed by atoms with van der Waals surface area (Å²) in [6.07, 6.45) is 3.72. The summed E-state index contributed by atoms with van der Waals surface area (Å²) < 4.78 is 5.38. The first-order valence-electron chi connectivity index (χ1n) is 6.62. The third-order valence-corrected chi connectivity index (χ3v) is 3.17. The second-order valence-electron chi connectivity index (χ2n) is 5.91. The highest BCUT2D eigenvalue weighted by Crippen LogP contribution is 2.18. The van der Waals surface area contributed by atoms with Crippen molar-refractivity contribution in [1.29, 1.82) is 0 Å². The maximum Gasteiger partial charge on any atom is 0.410 e. The number of carbonyl (C=O) groups is 1. The highest BCUT2D eigenvalue weighted by atomic mass is 16.6. The summed E-state index contributed by atoms with van der Waals surface area (Å²) in [5, 5.41) is 0. The van der Waals surface area contributed by atoms with Crippen LogP contribution in [0.5, 0.6) is 0 Å². The van der Waals surface area contributed by atoms with Crippen LogP contribution in [0.2, 0.25) is 0 Å². The number of hydrogen-bond acceptors (Lipinski definition) is 3. The molecule has 0 aliphatic carbocycles. The van der Waals surface area contributed by atoms with Gasteiger partial charge in [0.05, 0.1) is 0 Å². The van der Waals surface area contributed by atoms with Crippen LogP contribution in [0.4, 0.5) is 4.79 Å². The number of ether oxygens (including phenoxy) is 1. The average molecular weight is 254 g/mol. The molecule has 4 heteroatoms. The third-order valence-electron chi connectivity index (χ3n) is 3.17. The minimum absolute atomic E-state index is 0.218. The molecule has 18 heavy (non-hydrogen) atoms. The molecular formula is C14H26N2O2. The molecule has 0 bridgehead atoms. The molecule has 0 aromatic heterocycles. The van der Waals surface area contributed by atoms with Crippen LogP contribution in [0, 0.1) is 0 Å². The molecule has 0 unspecified atom stereocenters. The highest BCUT2D eigenvalue weighted by molar-refractivity contribution is 5.68. The van der Waals surface area contributed by atoms with Crippen molar-refractivity contribution in [2.75, 3.05) is 26.7 Å². The molecule has 0 atom stereocenters. The van der Waals surface area contributed by atoms with Gasteiger partial charge >= 0.3 is 6.09 Å². The lowest BCUT2D eigenvalue weighted by atomic mass is 10.0. The van der Waals surface area contributed by atoms with E-state index in [9.17, 15) is 4.79 Å². The van der Waals surface area contributed by atoms with Gasteiger partial charge in [-0.1, -0.05) is 6.08 Å². The maximum absolute atomic E-state index is 11.9. The van der Waals surface area contributed by atoms with Crippen molar-refractivity contribution in [2.24, 2.45) is 0 Å². The van der Waals surface area contributed by atoms with Crippen LogP contribution in [0.25, 0.3) is 0 Å². The van der Waals surface area contributed by atoms with Crippen molar-refractivity contribution < 1.29 is 9.53 Å². The molecule has 1 heterocycles. The fourth-order valence-corrected chi connectivity index (χ4v) is 2.15. The summed E-state index contributed by atoms with van der Waals surface area (Å²) in [7, 11) is 1.84. The number of nitrogens with zero attached hydrogens (tertiary/aromatic N) is 2. The topological polar surface area (TPSA) is 32.8 Å². The fourth-order valence-electron chi connectivity index (χ4n) is 2.15. The molecule has 1 fully saturated rings. The van der Waals surface area contributed by atoms with E-state index in [1.165, 1.54) is 0 Å². The van der Waals surface area contributed by atoms with Crippen LogP contribution in [0.15, 0.2) is 12.7 Å². The van der Waals surface area contributed by atoms with E-state index in [2.05, 4.69) is 11.5 Å². The zero-order valence-electron chi connectivity index (χ0n) is 12.1. The van der Waals surface area contributed by atoms with E-state index in [0.717, 1.165) is 32.5 Å². The Morgan fingerprint density at radius 3 is 2.44 bits per heavy atom. The molecule has 104 valence electrons. The quantitative estimate of drug-likeness (QED) is 0.725. The van der Waals surface area contributed by atoms with Crippen molar-refractivity contribution in [3.05, 3.63) is 12.7 Å². The van der Waals surface area contributed by atoms with Gasteiger partial charge < -0.3 is 9.64 Å². The molecule has 1 aliphatic heterocycles. The fraction of sp³-hybridized carbons (Fsp3) is 0.786. The van der Waals surface area contributed by atoms with Crippen LogP contribution in [0.3, 0.4) is 0 Å². The Kier molecular flexibility index (Phi) is 5.20. The van der Waals surface area contributed by atoms with E-state index in [-0.39, 0.29) is 6.09 Å². The zero-order chi connectivity index (χ0) is 13.8. The van der Waals surface area contributed by atoms with Crippen LogP contribution in [0.1, 0.15) is 33.6 Å². The molecular weight excluding hydrogens is 228 g/mol. The summed E-state index contributed by atoms with van der Waals surface area (Å²) in [4.78, 5) is 16.0. The van der Waals surface area contributed by atoms with Gasteiger partial charge in [-0.2, -0.15) is 0 Å². The third kappa shape index (κ3) is 4.69. The summed E-state index contributed by atoms with van der Waals surface area (Å²) in [6, 6.07) is 0.293. The van der Waals surface area contributed by atoms with Gasteiger partial charge in [0.15, 0.2) is 0 Å². The molecule has 0 aromatic rings. The Morgan fingerprint density at radius 1 is 1.44 bits per heavy atom. The van der Waals surface area contributed by atoms with E-state index >= 15 is 0 Å². The molecule has 1 saturated heterocycles. The Bertz CT molecular complexity index is 289. The minimum atomic E-state index is -0.422. The van der Waals surface area contributed by atoms with Crippen molar-refractivity contribution >= 4 is 6.09 Å². The van der Waals surface area contributed by atoms with Gasteiger partial charge in [-0.05, 0) is 33.6 Å². The molecule has 1 rings (SSSR count). The second kappa shape index (κ2) is 6.23. The number of carbonyl (C=O) groups excluding carboxylic acids is 1. The van der Waals surface area contributed by atoms with Gasteiger partial charge in [0, 0.05) is 32.7 Å². The Labute approximate surface area is 111 Å². The SMILES string of the molecule is C=CCN1CCC(N(C)C(=O)OC(C)(C)C)CC1.